The van der Waals surface area contributed by atoms with Crippen LogP contribution in [0, 0.1) is 0 Å². The Morgan fingerprint density at radius 2 is 2.43 bits per heavy atom. The van der Waals surface area contributed by atoms with E-state index in [1.807, 2.05) is 7.05 Å². The summed E-state index contributed by atoms with van der Waals surface area (Å²) in [6.07, 6.45) is 2.07. The zero-order valence-corrected chi connectivity index (χ0v) is 8.42. The van der Waals surface area contributed by atoms with E-state index < -0.39 is 0 Å². The normalized spacial score (nSPS) is 14.4. The molecule has 0 radical (unpaired) electrons. The Kier molecular flexibility index (Phi) is 2.15. The van der Waals surface area contributed by atoms with Crippen molar-refractivity contribution in [1.29, 1.82) is 0 Å². The van der Waals surface area contributed by atoms with Crippen LogP contribution < -0.4 is 10.6 Å². The van der Waals surface area contributed by atoms with Crippen molar-refractivity contribution >= 4 is 17.5 Å². The fourth-order valence-corrected chi connectivity index (χ4v) is 1.76. The Labute approximate surface area is 82.5 Å². The van der Waals surface area contributed by atoms with Crippen molar-refractivity contribution in [2.75, 3.05) is 17.2 Å². The average molecular weight is 194 g/mol. The van der Waals surface area contributed by atoms with Crippen molar-refractivity contribution in [3.63, 3.8) is 0 Å². The summed E-state index contributed by atoms with van der Waals surface area (Å²) >= 11 is 0. The maximum absolute atomic E-state index is 10.9. The summed E-state index contributed by atoms with van der Waals surface area (Å²) in [5.74, 6) is 1.65. The second kappa shape index (κ2) is 3.32. The van der Waals surface area contributed by atoms with Gasteiger partial charge in [0.1, 0.15) is 5.82 Å². The minimum Gasteiger partial charge on any atom is -0.370 e. The van der Waals surface area contributed by atoms with Crippen LogP contribution in [0.25, 0.3) is 0 Å². The molecule has 2 N–H and O–H groups in total. The molecule has 0 saturated carbocycles. The third-order valence-corrected chi connectivity index (χ3v) is 2.34. The van der Waals surface area contributed by atoms with Crippen LogP contribution in [0.15, 0.2) is 0 Å². The van der Waals surface area contributed by atoms with Gasteiger partial charge in [0.05, 0.1) is 0 Å². The molecular weight excluding hydrogens is 180 g/mol. The molecule has 2 heterocycles. The quantitative estimate of drug-likeness (QED) is 0.693. The number of aryl methyl sites for hydroxylation is 1. The van der Waals surface area contributed by atoms with E-state index in [0.717, 1.165) is 30.8 Å². The van der Waals surface area contributed by atoms with Crippen molar-refractivity contribution in [2.45, 2.75) is 19.8 Å². The van der Waals surface area contributed by atoms with E-state index in [4.69, 9.17) is 0 Å². The molecule has 0 aliphatic carbocycles. The summed E-state index contributed by atoms with van der Waals surface area (Å²) in [7, 11) is 1.88. The Morgan fingerprint density at radius 1 is 1.64 bits per heavy atom. The standard InChI is InChI=1S/C9H14N4O/c1-6(14)11-8-7-4-3-5-10-9(7)13(2)12-8/h10H,3-5H2,1-2H3,(H,11,12,14). The van der Waals surface area contributed by atoms with Crippen LogP contribution in [0.5, 0.6) is 0 Å². The molecular formula is C9H14N4O. The number of carbonyl (C=O) groups is 1. The van der Waals surface area contributed by atoms with Gasteiger partial charge in [-0.05, 0) is 12.8 Å². The predicted molar refractivity (Wildman–Crippen MR) is 54.3 cm³/mol. The molecule has 5 heteroatoms. The minimum absolute atomic E-state index is 0.0727. The van der Waals surface area contributed by atoms with Gasteiger partial charge in [0.15, 0.2) is 5.82 Å². The van der Waals surface area contributed by atoms with Gasteiger partial charge in [-0.15, -0.1) is 0 Å². The van der Waals surface area contributed by atoms with Crippen LogP contribution in [0.3, 0.4) is 0 Å². The first-order valence-electron chi connectivity index (χ1n) is 4.76. The second-order valence-corrected chi connectivity index (χ2v) is 3.51. The van der Waals surface area contributed by atoms with E-state index in [9.17, 15) is 4.79 Å². The molecule has 1 aliphatic heterocycles. The van der Waals surface area contributed by atoms with Crippen molar-refractivity contribution < 1.29 is 4.79 Å². The molecule has 0 fully saturated rings. The number of aromatic nitrogens is 2. The maximum atomic E-state index is 10.9. The van der Waals surface area contributed by atoms with Gasteiger partial charge in [0, 0.05) is 26.1 Å². The molecule has 5 nitrogen and oxygen atoms in total. The highest BCUT2D eigenvalue weighted by Gasteiger charge is 2.19. The fourth-order valence-electron chi connectivity index (χ4n) is 1.76. The highest BCUT2D eigenvalue weighted by molar-refractivity contribution is 5.89. The van der Waals surface area contributed by atoms with Crippen molar-refractivity contribution in [3.05, 3.63) is 5.56 Å². The molecule has 0 spiro atoms. The van der Waals surface area contributed by atoms with E-state index in [1.165, 1.54) is 6.92 Å². The molecule has 0 atom stereocenters. The number of carbonyl (C=O) groups excluding carboxylic acids is 1. The summed E-state index contributed by atoms with van der Waals surface area (Å²) < 4.78 is 1.78. The SMILES string of the molecule is CC(=O)Nc1nn(C)c2c1CCCN2. The van der Waals surface area contributed by atoms with Crippen molar-refractivity contribution in [2.24, 2.45) is 7.05 Å². The van der Waals surface area contributed by atoms with Gasteiger partial charge in [-0.3, -0.25) is 9.48 Å². The van der Waals surface area contributed by atoms with Crippen LogP contribution in [-0.2, 0) is 18.3 Å². The van der Waals surface area contributed by atoms with Gasteiger partial charge < -0.3 is 10.6 Å². The number of amides is 1. The summed E-state index contributed by atoms with van der Waals surface area (Å²) in [6, 6.07) is 0. The molecule has 0 saturated heterocycles. The van der Waals surface area contributed by atoms with Gasteiger partial charge in [-0.1, -0.05) is 0 Å². The number of anilines is 2. The minimum atomic E-state index is -0.0727. The van der Waals surface area contributed by atoms with Gasteiger partial charge in [-0.2, -0.15) is 5.10 Å². The molecule has 1 amide bonds. The maximum Gasteiger partial charge on any atom is 0.222 e. The second-order valence-electron chi connectivity index (χ2n) is 3.51. The molecule has 0 bridgehead atoms. The van der Waals surface area contributed by atoms with Crippen molar-refractivity contribution in [1.82, 2.24) is 9.78 Å². The summed E-state index contributed by atoms with van der Waals surface area (Å²) in [6.45, 7) is 2.48. The first-order valence-corrected chi connectivity index (χ1v) is 4.76. The lowest BCUT2D eigenvalue weighted by molar-refractivity contribution is -0.114. The van der Waals surface area contributed by atoms with Gasteiger partial charge in [0.2, 0.25) is 5.91 Å². The predicted octanol–water partition coefficient (Wildman–Crippen LogP) is 0.737. The number of hydrogen-bond acceptors (Lipinski definition) is 3. The van der Waals surface area contributed by atoms with E-state index >= 15 is 0 Å². The zero-order chi connectivity index (χ0) is 10.1. The highest BCUT2D eigenvalue weighted by atomic mass is 16.1. The average Bonchev–Trinajstić information content (AvgIpc) is 2.44. The molecule has 1 aliphatic rings. The first kappa shape index (κ1) is 9.05. The Morgan fingerprint density at radius 3 is 3.14 bits per heavy atom. The molecule has 76 valence electrons. The van der Waals surface area contributed by atoms with E-state index in [0.29, 0.717) is 5.82 Å². The number of rotatable bonds is 1. The summed E-state index contributed by atoms with van der Waals surface area (Å²) in [5, 5.41) is 10.3. The lowest BCUT2D eigenvalue weighted by atomic mass is 10.1. The molecule has 0 aromatic carbocycles. The van der Waals surface area contributed by atoms with Crippen LogP contribution in [0.4, 0.5) is 11.6 Å². The topological polar surface area (TPSA) is 59.0 Å². The monoisotopic (exact) mass is 194 g/mol. The lowest BCUT2D eigenvalue weighted by Crippen LogP contribution is -2.14. The Hall–Kier alpha value is -1.52. The number of fused-ring (bicyclic) bond motifs is 1. The largest absolute Gasteiger partial charge is 0.370 e. The van der Waals surface area contributed by atoms with Crippen LogP contribution >= 0.6 is 0 Å². The van der Waals surface area contributed by atoms with Crippen LogP contribution in [-0.4, -0.2) is 22.2 Å². The third-order valence-electron chi connectivity index (χ3n) is 2.34. The van der Waals surface area contributed by atoms with E-state index in [-0.39, 0.29) is 5.91 Å². The Balaban J connectivity index is 2.36. The number of nitrogens with zero attached hydrogens (tertiary/aromatic N) is 2. The molecule has 1 aromatic heterocycles. The zero-order valence-electron chi connectivity index (χ0n) is 8.42. The highest BCUT2D eigenvalue weighted by Crippen LogP contribution is 2.27. The van der Waals surface area contributed by atoms with Crippen molar-refractivity contribution in [3.8, 4) is 0 Å². The molecule has 14 heavy (non-hydrogen) atoms. The summed E-state index contributed by atoms with van der Waals surface area (Å²) in [4.78, 5) is 10.9. The van der Waals surface area contributed by atoms with E-state index in [2.05, 4.69) is 15.7 Å². The molecule has 1 aromatic rings. The van der Waals surface area contributed by atoms with Crippen LogP contribution in [0.2, 0.25) is 0 Å². The van der Waals surface area contributed by atoms with Gasteiger partial charge in [0.25, 0.3) is 0 Å². The fraction of sp³-hybridized carbons (Fsp3) is 0.556. The summed E-state index contributed by atoms with van der Waals surface area (Å²) in [5.41, 5.74) is 1.12. The molecule has 2 rings (SSSR count). The first-order chi connectivity index (χ1) is 6.68. The Bertz CT molecular complexity index is 369. The lowest BCUT2D eigenvalue weighted by Gasteiger charge is -2.14. The van der Waals surface area contributed by atoms with Crippen LogP contribution in [0.1, 0.15) is 18.9 Å². The molecule has 0 unspecified atom stereocenters. The number of hydrogen-bond donors (Lipinski definition) is 2. The smallest absolute Gasteiger partial charge is 0.222 e. The van der Waals surface area contributed by atoms with E-state index in [1.54, 1.807) is 4.68 Å². The number of nitrogens with one attached hydrogen (secondary N) is 2. The third kappa shape index (κ3) is 1.45. The van der Waals surface area contributed by atoms with Gasteiger partial charge in [-0.25, -0.2) is 0 Å². The van der Waals surface area contributed by atoms with Gasteiger partial charge >= 0.3 is 0 Å².